The Kier molecular flexibility index (Phi) is 6.14. The lowest BCUT2D eigenvalue weighted by Crippen LogP contribution is -2.29. The summed E-state index contributed by atoms with van der Waals surface area (Å²) in [7, 11) is 0. The van der Waals surface area contributed by atoms with Gasteiger partial charge in [0.25, 0.3) is 0 Å². The Hall–Kier alpha value is -2.67. The van der Waals surface area contributed by atoms with Crippen molar-refractivity contribution in [1.29, 1.82) is 0 Å². The Morgan fingerprint density at radius 3 is 2.10 bits per heavy atom. The normalized spacial score (nSPS) is 12.6. The summed E-state index contributed by atoms with van der Waals surface area (Å²) in [4.78, 5) is 13.1. The van der Waals surface area contributed by atoms with Crippen LogP contribution in [0.3, 0.4) is 0 Å². The van der Waals surface area contributed by atoms with Gasteiger partial charge < -0.3 is 5.11 Å². The van der Waals surface area contributed by atoms with Crippen LogP contribution in [0.25, 0.3) is 27.9 Å². The molecule has 0 bridgehead atoms. The maximum absolute atomic E-state index is 13.1. The number of halogens is 2. The van der Waals surface area contributed by atoms with Gasteiger partial charge in [-0.05, 0) is 47.7 Å². The molecular weight excluding hydrogens is 435 g/mol. The van der Waals surface area contributed by atoms with Crippen LogP contribution in [0.5, 0.6) is 0 Å². The third-order valence-electron chi connectivity index (χ3n) is 5.16. The van der Waals surface area contributed by atoms with Gasteiger partial charge in [-0.2, -0.15) is 9.61 Å². The fourth-order valence-electron chi connectivity index (χ4n) is 3.72. The first-order valence-corrected chi connectivity index (χ1v) is 10.8. The molecule has 6 nitrogen and oxygen atoms in total. The van der Waals surface area contributed by atoms with Crippen LogP contribution in [0.4, 0.5) is 0 Å². The molecule has 0 aliphatic carbocycles. The number of aromatic nitrogens is 4. The van der Waals surface area contributed by atoms with Crippen molar-refractivity contribution in [3.63, 3.8) is 0 Å². The van der Waals surface area contributed by atoms with Crippen LogP contribution in [-0.2, 0) is 0 Å². The van der Waals surface area contributed by atoms with E-state index in [1.807, 2.05) is 50.2 Å². The SMILES string of the molecule is CC(C)CC(CO)n1nc2c(-c3ccc(Cl)cc3)c(-c3ccc(Cl)cc3)cnn2c1=O. The average molecular weight is 457 g/mol. The molecule has 0 spiro atoms. The van der Waals surface area contributed by atoms with E-state index in [0.29, 0.717) is 28.0 Å². The average Bonchev–Trinajstić information content (AvgIpc) is 3.09. The maximum atomic E-state index is 13.1. The molecule has 2 aromatic carbocycles. The third-order valence-corrected chi connectivity index (χ3v) is 5.67. The molecule has 0 aliphatic heterocycles. The minimum atomic E-state index is -0.425. The molecule has 1 N–H and O–H groups in total. The first-order chi connectivity index (χ1) is 14.9. The van der Waals surface area contributed by atoms with Gasteiger partial charge in [-0.3, -0.25) is 0 Å². The van der Waals surface area contributed by atoms with Gasteiger partial charge in [0.1, 0.15) is 0 Å². The number of hydrogen-bond donors (Lipinski definition) is 1. The first-order valence-electron chi connectivity index (χ1n) is 10.0. The van der Waals surface area contributed by atoms with Crippen molar-refractivity contribution in [3.05, 3.63) is 75.3 Å². The van der Waals surface area contributed by atoms with Crippen LogP contribution in [0.1, 0.15) is 26.3 Å². The molecular formula is C23H22Cl2N4O2. The smallest absolute Gasteiger partial charge is 0.367 e. The van der Waals surface area contributed by atoms with Crippen LogP contribution < -0.4 is 5.69 Å². The highest BCUT2D eigenvalue weighted by molar-refractivity contribution is 6.31. The van der Waals surface area contributed by atoms with Gasteiger partial charge in [0, 0.05) is 21.2 Å². The number of hydrogen-bond acceptors (Lipinski definition) is 4. The summed E-state index contributed by atoms with van der Waals surface area (Å²) in [6, 6.07) is 14.4. The van der Waals surface area contributed by atoms with Crippen molar-refractivity contribution in [2.75, 3.05) is 6.61 Å². The topological polar surface area (TPSA) is 72.4 Å². The molecule has 0 aliphatic rings. The fraction of sp³-hybridized carbons (Fsp3) is 0.261. The molecule has 2 aromatic heterocycles. The summed E-state index contributed by atoms with van der Waals surface area (Å²) in [5.41, 5.74) is 3.35. The van der Waals surface area contributed by atoms with Gasteiger partial charge in [-0.1, -0.05) is 61.3 Å². The molecule has 0 fully saturated rings. The van der Waals surface area contributed by atoms with E-state index in [1.54, 1.807) is 18.3 Å². The van der Waals surface area contributed by atoms with E-state index in [2.05, 4.69) is 10.2 Å². The summed E-state index contributed by atoms with van der Waals surface area (Å²) in [5.74, 6) is 0.294. The fourth-order valence-corrected chi connectivity index (χ4v) is 3.97. The lowest BCUT2D eigenvalue weighted by Gasteiger charge is -2.15. The summed E-state index contributed by atoms with van der Waals surface area (Å²) >= 11 is 12.2. The molecule has 4 rings (SSSR count). The number of rotatable bonds is 6. The lowest BCUT2D eigenvalue weighted by atomic mass is 9.97. The van der Waals surface area contributed by atoms with Crippen LogP contribution in [0.2, 0.25) is 10.0 Å². The molecule has 1 unspecified atom stereocenters. The molecule has 2 heterocycles. The van der Waals surface area contributed by atoms with E-state index in [0.717, 1.165) is 22.3 Å². The van der Waals surface area contributed by atoms with Crippen LogP contribution >= 0.6 is 23.2 Å². The Morgan fingerprint density at radius 2 is 1.55 bits per heavy atom. The summed E-state index contributed by atoms with van der Waals surface area (Å²) in [6.45, 7) is 3.90. The van der Waals surface area contributed by atoms with Crippen molar-refractivity contribution in [1.82, 2.24) is 19.4 Å². The first kappa shape index (κ1) is 21.6. The maximum Gasteiger partial charge on any atom is 0.367 e. The summed E-state index contributed by atoms with van der Waals surface area (Å²) in [5, 5.41) is 20.1. The second-order valence-electron chi connectivity index (χ2n) is 7.88. The minimum Gasteiger partial charge on any atom is -0.394 e. The van der Waals surface area contributed by atoms with E-state index in [4.69, 9.17) is 23.2 Å². The highest BCUT2D eigenvalue weighted by atomic mass is 35.5. The highest BCUT2D eigenvalue weighted by Gasteiger charge is 2.22. The van der Waals surface area contributed by atoms with E-state index < -0.39 is 6.04 Å². The summed E-state index contributed by atoms with van der Waals surface area (Å²) < 4.78 is 2.62. The van der Waals surface area contributed by atoms with Crippen LogP contribution in [-0.4, -0.2) is 31.1 Å². The molecule has 4 aromatic rings. The van der Waals surface area contributed by atoms with Crippen LogP contribution in [0.15, 0.2) is 59.5 Å². The van der Waals surface area contributed by atoms with Gasteiger partial charge in [0.15, 0.2) is 5.65 Å². The van der Waals surface area contributed by atoms with Crippen molar-refractivity contribution >= 4 is 28.8 Å². The van der Waals surface area contributed by atoms with Crippen molar-refractivity contribution in [3.8, 4) is 22.3 Å². The second kappa shape index (κ2) is 8.83. The number of fused-ring (bicyclic) bond motifs is 1. The van der Waals surface area contributed by atoms with Gasteiger partial charge >= 0.3 is 5.69 Å². The van der Waals surface area contributed by atoms with E-state index >= 15 is 0 Å². The van der Waals surface area contributed by atoms with Crippen molar-refractivity contribution in [2.24, 2.45) is 5.92 Å². The molecule has 31 heavy (non-hydrogen) atoms. The van der Waals surface area contributed by atoms with Crippen molar-refractivity contribution in [2.45, 2.75) is 26.3 Å². The Morgan fingerprint density at radius 1 is 0.968 bits per heavy atom. The molecule has 0 amide bonds. The second-order valence-corrected chi connectivity index (χ2v) is 8.75. The molecule has 0 saturated heterocycles. The van der Waals surface area contributed by atoms with E-state index in [-0.39, 0.29) is 12.3 Å². The number of aliphatic hydroxyl groups excluding tert-OH is 1. The van der Waals surface area contributed by atoms with E-state index in [1.165, 1.54) is 9.20 Å². The predicted molar refractivity (Wildman–Crippen MR) is 124 cm³/mol. The molecule has 8 heteroatoms. The predicted octanol–water partition coefficient (Wildman–Crippen LogP) is 5.11. The van der Waals surface area contributed by atoms with Gasteiger partial charge in [-0.15, -0.1) is 5.10 Å². The Balaban J connectivity index is 2.00. The lowest BCUT2D eigenvalue weighted by molar-refractivity contribution is 0.195. The number of nitrogens with zero attached hydrogens (tertiary/aromatic N) is 4. The number of benzene rings is 2. The largest absolute Gasteiger partial charge is 0.394 e. The molecule has 0 saturated carbocycles. The van der Waals surface area contributed by atoms with Crippen LogP contribution in [0, 0.1) is 5.92 Å². The highest BCUT2D eigenvalue weighted by Crippen LogP contribution is 2.35. The zero-order valence-electron chi connectivity index (χ0n) is 17.2. The van der Waals surface area contributed by atoms with E-state index in [9.17, 15) is 9.90 Å². The zero-order chi connectivity index (χ0) is 22.1. The number of aliphatic hydroxyl groups is 1. The van der Waals surface area contributed by atoms with Gasteiger partial charge in [0.2, 0.25) is 0 Å². The standard InChI is InChI=1S/C23H22Cl2N4O2/c1-14(2)11-19(13-30)28-23(31)29-22(27-28)21(16-5-9-18(25)10-6-16)20(12-26-29)15-3-7-17(24)8-4-15/h3-10,12,14,19,30H,11,13H2,1-2H3. The third kappa shape index (κ3) is 4.24. The molecule has 0 radical (unpaired) electrons. The Labute approximate surface area is 189 Å². The monoisotopic (exact) mass is 456 g/mol. The Bertz CT molecular complexity index is 1260. The molecule has 160 valence electrons. The molecule has 1 atom stereocenters. The quantitative estimate of drug-likeness (QED) is 0.437. The zero-order valence-corrected chi connectivity index (χ0v) is 18.7. The van der Waals surface area contributed by atoms with Crippen molar-refractivity contribution < 1.29 is 5.11 Å². The summed E-state index contributed by atoms with van der Waals surface area (Å²) in [6.07, 6.45) is 2.28. The van der Waals surface area contributed by atoms with Gasteiger partial charge in [-0.25, -0.2) is 9.48 Å². The minimum absolute atomic E-state index is 0.178. The van der Waals surface area contributed by atoms with Gasteiger partial charge in [0.05, 0.1) is 18.8 Å².